The first-order valence-electron chi connectivity index (χ1n) is 7.19. The van der Waals surface area contributed by atoms with E-state index in [1.54, 1.807) is 19.2 Å². The number of hydrogen-bond acceptors (Lipinski definition) is 5. The van der Waals surface area contributed by atoms with Crippen LogP contribution in [-0.4, -0.2) is 36.7 Å². The predicted molar refractivity (Wildman–Crippen MR) is 75.7 cm³/mol. The van der Waals surface area contributed by atoms with Gasteiger partial charge in [-0.3, -0.25) is 4.79 Å². The van der Waals surface area contributed by atoms with Crippen LogP contribution in [0.15, 0.2) is 12.3 Å². The molecule has 0 fully saturated rings. The number of carbonyl (C=O) groups is 1. The van der Waals surface area contributed by atoms with E-state index in [-0.39, 0.29) is 11.9 Å². The van der Waals surface area contributed by atoms with Crippen LogP contribution in [0, 0.1) is 6.92 Å². The van der Waals surface area contributed by atoms with Crippen molar-refractivity contribution in [3.8, 4) is 0 Å². The van der Waals surface area contributed by atoms with Crippen molar-refractivity contribution in [1.82, 2.24) is 30.0 Å². The lowest BCUT2D eigenvalue weighted by molar-refractivity contribution is 0.0921. The van der Waals surface area contributed by atoms with Crippen molar-refractivity contribution in [2.75, 3.05) is 0 Å². The quantitative estimate of drug-likeness (QED) is 0.897. The molecule has 0 aromatic carbocycles. The summed E-state index contributed by atoms with van der Waals surface area (Å²) >= 11 is 0. The molecule has 21 heavy (non-hydrogen) atoms. The Balaban J connectivity index is 1.71. The molecule has 1 amide bonds. The molecule has 2 aromatic heterocycles. The highest BCUT2D eigenvalue weighted by Crippen LogP contribution is 2.15. The molecule has 110 valence electrons. The average molecular weight is 286 g/mol. The van der Waals surface area contributed by atoms with Gasteiger partial charge >= 0.3 is 0 Å². The highest BCUT2D eigenvalue weighted by molar-refractivity contribution is 5.92. The second-order valence-electron chi connectivity index (χ2n) is 5.19. The zero-order chi connectivity index (χ0) is 14.8. The summed E-state index contributed by atoms with van der Waals surface area (Å²) in [6.07, 6.45) is 4.16. The summed E-state index contributed by atoms with van der Waals surface area (Å²) in [5, 5.41) is 11.4. The maximum atomic E-state index is 12.2. The van der Waals surface area contributed by atoms with Crippen molar-refractivity contribution >= 4 is 5.91 Å². The van der Waals surface area contributed by atoms with Crippen molar-refractivity contribution < 1.29 is 4.79 Å². The molecule has 1 aliphatic rings. The molecule has 1 aliphatic heterocycles. The first-order valence-corrected chi connectivity index (χ1v) is 7.19. The van der Waals surface area contributed by atoms with E-state index in [0.29, 0.717) is 11.5 Å². The first kappa shape index (κ1) is 13.7. The monoisotopic (exact) mass is 286 g/mol. The van der Waals surface area contributed by atoms with Gasteiger partial charge in [0.25, 0.3) is 5.91 Å². The second-order valence-corrected chi connectivity index (χ2v) is 5.19. The Morgan fingerprint density at radius 3 is 3.10 bits per heavy atom. The highest BCUT2D eigenvalue weighted by Gasteiger charge is 2.24. The SMILES string of the molecule is CCc1nnc2n1C[C@H](NC(=O)c1ccnc(C)n1)CC2. The minimum Gasteiger partial charge on any atom is -0.346 e. The van der Waals surface area contributed by atoms with E-state index in [9.17, 15) is 4.79 Å². The molecule has 1 atom stereocenters. The number of aromatic nitrogens is 5. The van der Waals surface area contributed by atoms with E-state index < -0.39 is 0 Å². The zero-order valence-corrected chi connectivity index (χ0v) is 12.2. The highest BCUT2D eigenvalue weighted by atomic mass is 16.1. The van der Waals surface area contributed by atoms with Crippen molar-refractivity contribution in [1.29, 1.82) is 0 Å². The normalized spacial score (nSPS) is 17.3. The molecule has 3 rings (SSSR count). The van der Waals surface area contributed by atoms with Gasteiger partial charge in [-0.05, 0) is 19.4 Å². The summed E-state index contributed by atoms with van der Waals surface area (Å²) < 4.78 is 2.11. The number of nitrogens with one attached hydrogen (secondary N) is 1. The van der Waals surface area contributed by atoms with E-state index in [1.165, 1.54) is 0 Å². The second kappa shape index (κ2) is 5.59. The van der Waals surface area contributed by atoms with Crippen LogP contribution in [0.3, 0.4) is 0 Å². The largest absolute Gasteiger partial charge is 0.346 e. The molecule has 7 heteroatoms. The molecule has 0 aliphatic carbocycles. The lowest BCUT2D eigenvalue weighted by Crippen LogP contribution is -2.41. The van der Waals surface area contributed by atoms with Gasteiger partial charge in [-0.15, -0.1) is 10.2 Å². The minimum atomic E-state index is -0.153. The van der Waals surface area contributed by atoms with E-state index in [0.717, 1.165) is 37.5 Å². The fourth-order valence-electron chi connectivity index (χ4n) is 2.60. The van der Waals surface area contributed by atoms with Crippen molar-refractivity contribution in [3.05, 3.63) is 35.4 Å². The molecule has 2 aromatic rings. The van der Waals surface area contributed by atoms with Gasteiger partial charge in [-0.2, -0.15) is 0 Å². The predicted octanol–water partition coefficient (Wildman–Crippen LogP) is 0.684. The number of carbonyl (C=O) groups excluding carboxylic acids is 1. The smallest absolute Gasteiger partial charge is 0.270 e. The van der Waals surface area contributed by atoms with Crippen LogP contribution in [0.2, 0.25) is 0 Å². The van der Waals surface area contributed by atoms with Crippen molar-refractivity contribution in [2.24, 2.45) is 0 Å². The van der Waals surface area contributed by atoms with Gasteiger partial charge in [0.15, 0.2) is 0 Å². The molecule has 0 saturated carbocycles. The summed E-state index contributed by atoms with van der Waals surface area (Å²) in [6, 6.07) is 1.72. The van der Waals surface area contributed by atoms with Gasteiger partial charge in [0, 0.05) is 31.6 Å². The first-order chi connectivity index (χ1) is 10.2. The number of amides is 1. The molecular weight excluding hydrogens is 268 g/mol. The van der Waals surface area contributed by atoms with Crippen LogP contribution in [-0.2, 0) is 19.4 Å². The van der Waals surface area contributed by atoms with Crippen LogP contribution in [0.25, 0.3) is 0 Å². The molecule has 0 unspecified atom stereocenters. The van der Waals surface area contributed by atoms with Crippen LogP contribution in [0.1, 0.15) is 41.3 Å². The number of rotatable bonds is 3. The Kier molecular flexibility index (Phi) is 3.64. The maximum absolute atomic E-state index is 12.2. The summed E-state index contributed by atoms with van der Waals surface area (Å²) in [6.45, 7) is 4.55. The molecule has 0 saturated heterocycles. The lowest BCUT2D eigenvalue weighted by Gasteiger charge is -2.25. The third-order valence-electron chi connectivity index (χ3n) is 3.68. The topological polar surface area (TPSA) is 85.6 Å². The Hall–Kier alpha value is -2.31. The maximum Gasteiger partial charge on any atom is 0.270 e. The molecule has 0 spiro atoms. The van der Waals surface area contributed by atoms with Crippen LogP contribution in [0.4, 0.5) is 0 Å². The molecule has 1 N–H and O–H groups in total. The Morgan fingerprint density at radius 1 is 1.48 bits per heavy atom. The molecular formula is C14H18N6O. The summed E-state index contributed by atoms with van der Waals surface area (Å²) in [5.74, 6) is 2.43. The molecule has 3 heterocycles. The van der Waals surface area contributed by atoms with E-state index in [4.69, 9.17) is 0 Å². The third-order valence-corrected chi connectivity index (χ3v) is 3.68. The van der Waals surface area contributed by atoms with Gasteiger partial charge in [0.05, 0.1) is 0 Å². The molecule has 0 radical (unpaired) electrons. The van der Waals surface area contributed by atoms with E-state index in [2.05, 4.69) is 37.0 Å². The number of nitrogens with zero attached hydrogens (tertiary/aromatic N) is 5. The van der Waals surface area contributed by atoms with Crippen LogP contribution >= 0.6 is 0 Å². The Morgan fingerprint density at radius 2 is 2.33 bits per heavy atom. The summed E-state index contributed by atoms with van der Waals surface area (Å²) in [5.41, 5.74) is 0.410. The van der Waals surface area contributed by atoms with Crippen LogP contribution < -0.4 is 5.32 Å². The summed E-state index contributed by atoms with van der Waals surface area (Å²) in [7, 11) is 0. The third kappa shape index (κ3) is 2.76. The van der Waals surface area contributed by atoms with Gasteiger partial charge in [-0.25, -0.2) is 9.97 Å². The fraction of sp³-hybridized carbons (Fsp3) is 0.500. The zero-order valence-electron chi connectivity index (χ0n) is 12.2. The summed E-state index contributed by atoms with van der Waals surface area (Å²) in [4.78, 5) is 20.4. The number of fused-ring (bicyclic) bond motifs is 1. The number of hydrogen-bond donors (Lipinski definition) is 1. The lowest BCUT2D eigenvalue weighted by atomic mass is 10.1. The van der Waals surface area contributed by atoms with Gasteiger partial charge in [-0.1, -0.05) is 6.92 Å². The fourth-order valence-corrected chi connectivity index (χ4v) is 2.60. The molecule has 0 bridgehead atoms. The van der Waals surface area contributed by atoms with Crippen LogP contribution in [0.5, 0.6) is 0 Å². The van der Waals surface area contributed by atoms with E-state index in [1.807, 2.05) is 0 Å². The Labute approximate surface area is 122 Å². The van der Waals surface area contributed by atoms with E-state index >= 15 is 0 Å². The van der Waals surface area contributed by atoms with Gasteiger partial charge < -0.3 is 9.88 Å². The average Bonchev–Trinajstić information content (AvgIpc) is 2.89. The molecule has 7 nitrogen and oxygen atoms in total. The van der Waals surface area contributed by atoms with Crippen molar-refractivity contribution in [2.45, 2.75) is 45.7 Å². The number of aryl methyl sites for hydroxylation is 3. The standard InChI is InChI=1S/C14H18N6O/c1-3-12-18-19-13-5-4-10(8-20(12)13)17-14(21)11-6-7-15-9(2)16-11/h6-7,10H,3-5,8H2,1-2H3,(H,17,21)/t10-/m1/s1. The van der Waals surface area contributed by atoms with Gasteiger partial charge in [0.1, 0.15) is 23.2 Å². The van der Waals surface area contributed by atoms with Crippen molar-refractivity contribution in [3.63, 3.8) is 0 Å². The van der Waals surface area contributed by atoms with Gasteiger partial charge in [0.2, 0.25) is 0 Å². The Bertz CT molecular complexity index is 652. The minimum absolute atomic E-state index is 0.0848.